The highest BCUT2D eigenvalue weighted by molar-refractivity contribution is 7.28. The van der Waals surface area contributed by atoms with Crippen LogP contribution in [0.15, 0.2) is 24.4 Å². The van der Waals surface area contributed by atoms with Gasteiger partial charge in [-0.05, 0) is 30.9 Å². The van der Waals surface area contributed by atoms with Crippen molar-refractivity contribution in [3.8, 4) is 16.5 Å². The number of aliphatic hydroxyl groups excluding tert-OH is 1. The van der Waals surface area contributed by atoms with E-state index in [1.807, 2.05) is 6.07 Å². The van der Waals surface area contributed by atoms with Gasteiger partial charge in [-0.1, -0.05) is 6.32 Å². The Labute approximate surface area is 169 Å². The number of nitrogens with zero attached hydrogens (tertiary/aromatic N) is 4. The fourth-order valence-electron chi connectivity index (χ4n) is 3.99. The average molecular weight is 410 g/mol. The topological polar surface area (TPSA) is 74.7 Å². The first-order chi connectivity index (χ1) is 13.5. The molecule has 5 nitrogen and oxygen atoms in total. The molecule has 9 heteroatoms. The van der Waals surface area contributed by atoms with Crippen molar-refractivity contribution in [2.24, 2.45) is 7.05 Å². The highest BCUT2D eigenvalue weighted by atomic mass is 32.1. The molecule has 4 heterocycles. The standard InChI is InChI=1S/C19H16BFN4OS2/c1-25-8-11-4-10(5-13(21)17(11)24-25)18-23-19-16(28-18)6-15(27-19)12-2-3-20(9-22)7-14(12)26/h4-6,8,12,14,26H,2-3,7H2,1H3. The van der Waals surface area contributed by atoms with Crippen molar-refractivity contribution in [1.82, 2.24) is 14.8 Å². The van der Waals surface area contributed by atoms with Crippen molar-refractivity contribution in [3.05, 3.63) is 35.1 Å². The quantitative estimate of drug-likeness (QED) is 0.496. The van der Waals surface area contributed by atoms with Crippen molar-refractivity contribution in [3.63, 3.8) is 0 Å². The number of thiazole rings is 1. The molecule has 2 atom stereocenters. The number of hydrogen-bond acceptors (Lipinski definition) is 6. The van der Waals surface area contributed by atoms with Gasteiger partial charge in [0, 0.05) is 41.0 Å². The number of hydrogen-bond donors (Lipinski definition) is 1. The van der Waals surface area contributed by atoms with Gasteiger partial charge in [-0.2, -0.15) is 5.10 Å². The molecule has 3 aromatic heterocycles. The van der Waals surface area contributed by atoms with Gasteiger partial charge in [0.1, 0.15) is 15.4 Å². The maximum atomic E-state index is 14.4. The van der Waals surface area contributed by atoms with Crippen LogP contribution in [0.25, 0.3) is 31.0 Å². The van der Waals surface area contributed by atoms with Gasteiger partial charge in [-0.25, -0.2) is 14.6 Å². The normalized spacial score (nSPS) is 20.1. The van der Waals surface area contributed by atoms with Crippen LogP contribution in [0.2, 0.25) is 12.6 Å². The number of fused-ring (bicyclic) bond motifs is 2. The number of rotatable bonds is 2. The van der Waals surface area contributed by atoms with Crippen molar-refractivity contribution < 1.29 is 9.50 Å². The zero-order chi connectivity index (χ0) is 19.4. The first-order valence-electron chi connectivity index (χ1n) is 9.13. The molecule has 0 radical (unpaired) electrons. The largest absolute Gasteiger partial charge is 0.393 e. The summed E-state index contributed by atoms with van der Waals surface area (Å²) < 4.78 is 17.1. The van der Waals surface area contributed by atoms with E-state index in [1.54, 1.807) is 29.3 Å². The predicted molar refractivity (Wildman–Crippen MR) is 112 cm³/mol. The molecule has 1 aliphatic heterocycles. The molecule has 0 saturated carbocycles. The van der Waals surface area contributed by atoms with Crippen molar-refractivity contribution >= 4 is 49.8 Å². The summed E-state index contributed by atoms with van der Waals surface area (Å²) in [5.74, 6) is 2.00. The number of nitriles is 1. The number of aryl methyl sites for hydroxylation is 1. The third kappa shape index (κ3) is 2.92. The minimum Gasteiger partial charge on any atom is -0.393 e. The van der Waals surface area contributed by atoms with E-state index in [9.17, 15) is 9.50 Å². The van der Waals surface area contributed by atoms with Gasteiger partial charge in [0.15, 0.2) is 5.82 Å². The lowest BCUT2D eigenvalue weighted by Crippen LogP contribution is -2.31. The SMILES string of the molecule is Cn1cc2cc(-c3nc4sc(C5CCB(C#N)CC5O)cc4s3)cc(F)c2n1. The molecule has 1 saturated heterocycles. The molecular weight excluding hydrogens is 394 g/mol. The molecule has 1 fully saturated rings. The van der Waals surface area contributed by atoms with Gasteiger partial charge < -0.3 is 5.11 Å². The van der Waals surface area contributed by atoms with E-state index in [0.717, 1.165) is 43.1 Å². The van der Waals surface area contributed by atoms with E-state index in [4.69, 9.17) is 10.2 Å². The second-order valence-corrected chi connectivity index (χ2v) is 9.44. The molecule has 1 N–H and O–H groups in total. The second kappa shape index (κ2) is 6.66. The highest BCUT2D eigenvalue weighted by Crippen LogP contribution is 2.42. The first-order valence-corrected chi connectivity index (χ1v) is 10.8. The van der Waals surface area contributed by atoms with E-state index >= 15 is 0 Å². The smallest absolute Gasteiger partial charge is 0.270 e. The van der Waals surface area contributed by atoms with Crippen molar-refractivity contribution in [1.29, 1.82) is 5.26 Å². The maximum Gasteiger partial charge on any atom is 0.270 e. The Kier molecular flexibility index (Phi) is 4.23. The molecule has 0 bridgehead atoms. The van der Waals surface area contributed by atoms with Crippen LogP contribution in [-0.4, -0.2) is 32.7 Å². The van der Waals surface area contributed by atoms with E-state index in [0.29, 0.717) is 11.8 Å². The Balaban J connectivity index is 1.47. The maximum absolute atomic E-state index is 14.4. The van der Waals surface area contributed by atoms with Gasteiger partial charge >= 0.3 is 0 Å². The predicted octanol–water partition coefficient (Wildman–Crippen LogP) is 4.46. The van der Waals surface area contributed by atoms with Crippen LogP contribution < -0.4 is 0 Å². The molecule has 5 rings (SSSR count). The second-order valence-electron chi connectivity index (χ2n) is 7.35. The molecule has 0 amide bonds. The van der Waals surface area contributed by atoms with Crippen molar-refractivity contribution in [2.45, 2.75) is 31.1 Å². The van der Waals surface area contributed by atoms with Crippen LogP contribution in [-0.2, 0) is 7.05 Å². The lowest BCUT2D eigenvalue weighted by molar-refractivity contribution is 0.155. The molecule has 1 aliphatic rings. The monoisotopic (exact) mass is 410 g/mol. The molecule has 1 aromatic carbocycles. The van der Waals surface area contributed by atoms with Gasteiger partial charge in [0.2, 0.25) is 0 Å². The number of aliphatic hydroxyl groups is 1. The molecular formula is C19H16BFN4OS2. The minimum absolute atomic E-state index is 0.0469. The summed E-state index contributed by atoms with van der Waals surface area (Å²) in [6.45, 7) is -0.0469. The summed E-state index contributed by atoms with van der Waals surface area (Å²) in [6, 6.07) is 5.51. The summed E-state index contributed by atoms with van der Waals surface area (Å²) in [5, 5.41) is 25.2. The Hall–Kier alpha value is -2.28. The summed E-state index contributed by atoms with van der Waals surface area (Å²) in [6.07, 6.45) is 3.51. The van der Waals surface area contributed by atoms with Gasteiger partial charge in [-0.15, -0.1) is 22.7 Å². The van der Waals surface area contributed by atoms with E-state index < -0.39 is 6.10 Å². The fourth-order valence-corrected chi connectivity index (χ4v) is 6.40. The third-order valence-corrected chi connectivity index (χ3v) is 7.74. The summed E-state index contributed by atoms with van der Waals surface area (Å²) in [7, 11) is 1.78. The first kappa shape index (κ1) is 17.8. The molecule has 4 aromatic rings. The fraction of sp³-hybridized carbons (Fsp3) is 0.316. The van der Waals surface area contributed by atoms with Crippen LogP contribution in [0.1, 0.15) is 17.2 Å². The van der Waals surface area contributed by atoms with Crippen LogP contribution in [0.3, 0.4) is 0 Å². The minimum atomic E-state index is -0.479. The number of thiophene rings is 1. The lowest BCUT2D eigenvalue weighted by Gasteiger charge is -2.27. The molecule has 140 valence electrons. The summed E-state index contributed by atoms with van der Waals surface area (Å²) in [5.41, 5.74) is 1.12. The Bertz CT molecular complexity index is 1210. The van der Waals surface area contributed by atoms with Crippen LogP contribution in [0, 0.1) is 17.0 Å². The van der Waals surface area contributed by atoms with E-state index in [2.05, 4.69) is 17.1 Å². The third-order valence-electron chi connectivity index (χ3n) is 5.40. The number of benzene rings is 1. The van der Waals surface area contributed by atoms with Gasteiger partial charge in [-0.3, -0.25) is 4.68 Å². The number of halogens is 1. The van der Waals surface area contributed by atoms with Gasteiger partial charge in [0.05, 0.1) is 10.8 Å². The lowest BCUT2D eigenvalue weighted by atomic mass is 9.41. The zero-order valence-corrected chi connectivity index (χ0v) is 16.7. The highest BCUT2D eigenvalue weighted by Gasteiger charge is 2.33. The molecule has 28 heavy (non-hydrogen) atoms. The van der Waals surface area contributed by atoms with Crippen LogP contribution >= 0.6 is 22.7 Å². The zero-order valence-electron chi connectivity index (χ0n) is 15.1. The summed E-state index contributed by atoms with van der Waals surface area (Å²) in [4.78, 5) is 6.75. The summed E-state index contributed by atoms with van der Waals surface area (Å²) >= 11 is 3.13. The van der Waals surface area contributed by atoms with Crippen molar-refractivity contribution in [2.75, 3.05) is 0 Å². The molecule has 0 spiro atoms. The van der Waals surface area contributed by atoms with Crippen LogP contribution in [0.5, 0.6) is 0 Å². The van der Waals surface area contributed by atoms with Gasteiger partial charge in [0.25, 0.3) is 6.71 Å². The average Bonchev–Trinajstić information content (AvgIpc) is 3.33. The molecule has 2 unspecified atom stereocenters. The van der Waals surface area contributed by atoms with E-state index in [1.165, 1.54) is 17.4 Å². The Morgan fingerprint density at radius 3 is 2.96 bits per heavy atom. The molecule has 0 aliphatic carbocycles. The Morgan fingerprint density at radius 1 is 1.36 bits per heavy atom. The van der Waals surface area contributed by atoms with Crippen LogP contribution in [0.4, 0.5) is 4.39 Å². The van der Waals surface area contributed by atoms with E-state index in [-0.39, 0.29) is 18.4 Å². The Morgan fingerprint density at radius 2 is 2.21 bits per heavy atom. The number of aromatic nitrogens is 3.